The zero-order chi connectivity index (χ0) is 18.2. The molecule has 2 fully saturated rings. The van der Waals surface area contributed by atoms with E-state index in [4.69, 9.17) is 0 Å². The highest BCUT2D eigenvalue weighted by atomic mass is 32.2. The quantitative estimate of drug-likeness (QED) is 0.898. The monoisotopic (exact) mass is 371 g/mol. The van der Waals surface area contributed by atoms with Gasteiger partial charge in [-0.1, -0.05) is 61.4 Å². The molecule has 0 radical (unpaired) electrons. The smallest absolute Gasteiger partial charge is 0.243 e. The lowest BCUT2D eigenvalue weighted by Gasteiger charge is -2.51. The Labute approximate surface area is 155 Å². The van der Waals surface area contributed by atoms with Gasteiger partial charge in [-0.15, -0.1) is 0 Å². The van der Waals surface area contributed by atoms with Crippen molar-refractivity contribution in [3.63, 3.8) is 0 Å². The van der Waals surface area contributed by atoms with Gasteiger partial charge in [-0.2, -0.15) is 4.31 Å². The molecule has 2 aromatic carbocycles. The molecule has 0 bridgehead atoms. The van der Waals surface area contributed by atoms with Gasteiger partial charge in [0.15, 0.2) is 0 Å². The van der Waals surface area contributed by atoms with E-state index in [-0.39, 0.29) is 12.0 Å². The van der Waals surface area contributed by atoms with Crippen LogP contribution in [0.4, 0.5) is 0 Å². The maximum atomic E-state index is 13.2. The fourth-order valence-electron chi connectivity index (χ4n) is 4.76. The number of benzene rings is 2. The van der Waals surface area contributed by atoms with Gasteiger partial charge < -0.3 is 5.11 Å². The Balaban J connectivity index is 1.72. The molecule has 4 rings (SSSR count). The molecular formula is C21H25NO3S. The second kappa shape index (κ2) is 6.80. The molecule has 4 nitrogen and oxygen atoms in total. The van der Waals surface area contributed by atoms with Gasteiger partial charge >= 0.3 is 0 Å². The summed E-state index contributed by atoms with van der Waals surface area (Å²) >= 11 is 0. The summed E-state index contributed by atoms with van der Waals surface area (Å²) in [5.74, 6) is -0.0640. The van der Waals surface area contributed by atoms with Crippen molar-refractivity contribution in [2.75, 3.05) is 6.54 Å². The van der Waals surface area contributed by atoms with Gasteiger partial charge in [0.05, 0.1) is 10.5 Å². The van der Waals surface area contributed by atoms with Crippen LogP contribution >= 0.6 is 0 Å². The van der Waals surface area contributed by atoms with Crippen molar-refractivity contribution in [2.45, 2.75) is 48.6 Å². The lowest BCUT2D eigenvalue weighted by molar-refractivity contribution is -0.100. The second-order valence-corrected chi connectivity index (χ2v) is 9.32. The first-order valence-electron chi connectivity index (χ1n) is 9.38. The van der Waals surface area contributed by atoms with E-state index >= 15 is 0 Å². The van der Waals surface area contributed by atoms with Crippen LogP contribution in [0.25, 0.3) is 0 Å². The lowest BCUT2D eigenvalue weighted by atomic mass is 9.67. The molecule has 5 heteroatoms. The average molecular weight is 372 g/mol. The number of nitrogens with zero attached hydrogens (tertiary/aromatic N) is 1. The highest BCUT2D eigenvalue weighted by Gasteiger charge is 2.52. The van der Waals surface area contributed by atoms with Gasteiger partial charge in [0.25, 0.3) is 0 Å². The third-order valence-electron chi connectivity index (χ3n) is 6.05. The van der Waals surface area contributed by atoms with Crippen LogP contribution in [0, 0.1) is 5.92 Å². The third kappa shape index (κ3) is 2.88. The van der Waals surface area contributed by atoms with Crippen LogP contribution in [0.5, 0.6) is 0 Å². The van der Waals surface area contributed by atoms with Crippen LogP contribution in [0.2, 0.25) is 0 Å². The van der Waals surface area contributed by atoms with Gasteiger partial charge in [0.1, 0.15) is 0 Å². The van der Waals surface area contributed by atoms with Crippen LogP contribution in [0.3, 0.4) is 0 Å². The van der Waals surface area contributed by atoms with E-state index in [9.17, 15) is 13.5 Å². The first-order chi connectivity index (χ1) is 12.5. The largest absolute Gasteiger partial charge is 0.385 e. The molecule has 0 aromatic heterocycles. The summed E-state index contributed by atoms with van der Waals surface area (Å²) in [5.41, 5.74) is -0.0386. The number of sulfonamides is 1. The minimum atomic E-state index is -3.54. The Morgan fingerprint density at radius 2 is 1.54 bits per heavy atom. The number of aliphatic hydroxyl groups is 1. The lowest BCUT2D eigenvalue weighted by Crippen LogP contribution is -2.58. The topological polar surface area (TPSA) is 57.6 Å². The SMILES string of the molecule is O=S(=O)(c1ccccc1)N1CC[C@](O)(c2ccccc2)[C@@H]2CCCC[C@@H]21. The molecule has 0 amide bonds. The van der Waals surface area contributed by atoms with E-state index in [0.29, 0.717) is 17.9 Å². The van der Waals surface area contributed by atoms with Crippen LogP contribution in [-0.2, 0) is 15.6 Å². The summed E-state index contributed by atoms with van der Waals surface area (Å²) in [5, 5.41) is 11.6. The molecule has 1 aliphatic heterocycles. The van der Waals surface area contributed by atoms with E-state index in [2.05, 4.69) is 0 Å². The van der Waals surface area contributed by atoms with Crippen molar-refractivity contribution in [2.24, 2.45) is 5.92 Å². The molecule has 26 heavy (non-hydrogen) atoms. The summed E-state index contributed by atoms with van der Waals surface area (Å²) in [6, 6.07) is 18.3. The van der Waals surface area contributed by atoms with Crippen molar-refractivity contribution in [1.29, 1.82) is 0 Å². The molecule has 1 saturated carbocycles. The van der Waals surface area contributed by atoms with Gasteiger partial charge in [-0.05, 0) is 37.0 Å². The minimum Gasteiger partial charge on any atom is -0.385 e. The van der Waals surface area contributed by atoms with Crippen molar-refractivity contribution in [1.82, 2.24) is 4.31 Å². The molecule has 3 atom stereocenters. The molecule has 0 unspecified atom stereocenters. The highest BCUT2D eigenvalue weighted by Crippen LogP contribution is 2.48. The second-order valence-electron chi connectivity index (χ2n) is 7.43. The summed E-state index contributed by atoms with van der Waals surface area (Å²) < 4.78 is 28.1. The molecule has 2 aliphatic rings. The fraction of sp³-hybridized carbons (Fsp3) is 0.429. The zero-order valence-electron chi connectivity index (χ0n) is 14.8. The molecule has 0 spiro atoms. The average Bonchev–Trinajstić information content (AvgIpc) is 2.69. The standard InChI is InChI=1S/C21H25NO3S/c23-21(17-9-3-1-4-10-17)15-16-22(20-14-8-7-13-19(20)21)26(24,25)18-11-5-2-6-12-18/h1-6,9-12,19-20,23H,7-8,13-16H2/t19-,20+,21+/m1/s1. The summed E-state index contributed by atoms with van der Waals surface area (Å²) in [7, 11) is -3.54. The van der Waals surface area contributed by atoms with Crippen molar-refractivity contribution >= 4 is 10.0 Å². The fourth-order valence-corrected chi connectivity index (χ4v) is 6.47. The van der Waals surface area contributed by atoms with E-state index in [1.54, 1.807) is 28.6 Å². The summed E-state index contributed by atoms with van der Waals surface area (Å²) in [6.07, 6.45) is 4.15. The highest BCUT2D eigenvalue weighted by molar-refractivity contribution is 7.89. The number of rotatable bonds is 3. The third-order valence-corrected chi connectivity index (χ3v) is 7.99. The first kappa shape index (κ1) is 17.7. The normalized spacial score (nSPS) is 29.9. The molecule has 1 saturated heterocycles. The van der Waals surface area contributed by atoms with E-state index < -0.39 is 15.6 Å². The molecule has 138 valence electrons. The van der Waals surface area contributed by atoms with Gasteiger partial charge in [0, 0.05) is 18.5 Å². The van der Waals surface area contributed by atoms with Gasteiger partial charge in [-0.3, -0.25) is 0 Å². The number of fused-ring (bicyclic) bond motifs is 1. The zero-order valence-corrected chi connectivity index (χ0v) is 15.6. The molecule has 1 heterocycles. The Kier molecular flexibility index (Phi) is 4.63. The maximum Gasteiger partial charge on any atom is 0.243 e. The Hall–Kier alpha value is -1.69. The Morgan fingerprint density at radius 3 is 2.23 bits per heavy atom. The van der Waals surface area contributed by atoms with Gasteiger partial charge in [-0.25, -0.2) is 8.42 Å². The molecule has 2 aromatic rings. The molecule has 1 aliphatic carbocycles. The summed E-state index contributed by atoms with van der Waals surface area (Å²) in [4.78, 5) is 0.342. The first-order valence-corrected chi connectivity index (χ1v) is 10.8. The minimum absolute atomic E-state index is 0.0640. The molecule has 1 N–H and O–H groups in total. The van der Waals surface area contributed by atoms with Crippen molar-refractivity contribution in [3.8, 4) is 0 Å². The predicted molar refractivity (Wildman–Crippen MR) is 101 cm³/mol. The van der Waals surface area contributed by atoms with E-state index in [1.165, 1.54) is 0 Å². The van der Waals surface area contributed by atoms with Gasteiger partial charge in [0.2, 0.25) is 10.0 Å². The van der Waals surface area contributed by atoms with Crippen LogP contribution in [0.1, 0.15) is 37.7 Å². The van der Waals surface area contributed by atoms with Crippen LogP contribution in [-0.4, -0.2) is 30.4 Å². The van der Waals surface area contributed by atoms with Crippen LogP contribution in [0.15, 0.2) is 65.6 Å². The van der Waals surface area contributed by atoms with Crippen LogP contribution < -0.4 is 0 Å². The Morgan fingerprint density at radius 1 is 0.923 bits per heavy atom. The Bertz CT molecular complexity index is 853. The number of hydrogen-bond donors (Lipinski definition) is 1. The number of hydrogen-bond acceptors (Lipinski definition) is 3. The van der Waals surface area contributed by atoms with E-state index in [0.717, 1.165) is 31.2 Å². The number of piperidine rings is 1. The maximum absolute atomic E-state index is 13.2. The van der Waals surface area contributed by atoms with Crippen molar-refractivity contribution < 1.29 is 13.5 Å². The summed E-state index contributed by atoms with van der Waals surface area (Å²) in [6.45, 7) is 0.351. The van der Waals surface area contributed by atoms with E-state index in [1.807, 2.05) is 36.4 Å². The molecular weight excluding hydrogens is 346 g/mol. The predicted octanol–water partition coefficient (Wildman–Crippen LogP) is 3.53. The van der Waals surface area contributed by atoms with Crippen molar-refractivity contribution in [3.05, 3.63) is 66.2 Å².